The normalized spacial score (nSPS) is 11.4. The molecule has 0 spiro atoms. The van der Waals surface area contributed by atoms with Gasteiger partial charge < -0.3 is 14.3 Å². The van der Waals surface area contributed by atoms with E-state index in [1.165, 1.54) is 6.07 Å². The maximum Gasteiger partial charge on any atom is 0.418 e. The fraction of sp³-hybridized carbons (Fsp3) is 0.429. The van der Waals surface area contributed by atoms with Crippen molar-refractivity contribution < 1.29 is 18.0 Å². The highest BCUT2D eigenvalue weighted by molar-refractivity contribution is 5.84. The van der Waals surface area contributed by atoms with Crippen LogP contribution in [0.1, 0.15) is 25.5 Å². The first-order valence-electron chi connectivity index (χ1n) is 6.25. The Morgan fingerprint density at radius 2 is 1.86 bits per heavy atom. The Balaban J connectivity index is 0.00000106. The highest BCUT2D eigenvalue weighted by Gasteiger charge is 2.35. The van der Waals surface area contributed by atoms with Crippen LogP contribution in [0.4, 0.5) is 18.9 Å². The second-order valence-corrected chi connectivity index (χ2v) is 5.00. The van der Waals surface area contributed by atoms with Gasteiger partial charge in [0.1, 0.15) is 12.4 Å². The van der Waals surface area contributed by atoms with E-state index < -0.39 is 11.7 Å². The number of carbonyl (C=O) groups is 1. The molecule has 0 aliphatic carbocycles. The zero-order chi connectivity index (χ0) is 16.4. The summed E-state index contributed by atoms with van der Waals surface area (Å²) in [6, 6.07) is 1.46. The molecule has 0 fully saturated rings. The molecule has 0 N–H and O–H groups in total. The molecule has 21 heavy (non-hydrogen) atoms. The monoisotopic (exact) mass is 301 g/mol. The lowest BCUT2D eigenvalue weighted by Gasteiger charge is -2.13. The number of anilines is 1. The number of nitrogens with zero attached hydrogens (tertiary/aromatic N) is 3. The molecule has 2 aromatic heterocycles. The van der Waals surface area contributed by atoms with Crippen molar-refractivity contribution in [3.05, 3.63) is 24.0 Å². The molecular weight excluding hydrogens is 283 g/mol. The van der Waals surface area contributed by atoms with Crippen molar-refractivity contribution in [3.63, 3.8) is 0 Å². The SMILES string of the molecule is C=O.CC(C)n1cc(C(F)(F)F)c2cc(N(C)C)cnc21. The van der Waals surface area contributed by atoms with Crippen LogP contribution in [0.3, 0.4) is 0 Å². The first-order valence-corrected chi connectivity index (χ1v) is 6.25. The van der Waals surface area contributed by atoms with E-state index in [1.807, 2.05) is 20.6 Å². The van der Waals surface area contributed by atoms with Crippen molar-refractivity contribution in [2.24, 2.45) is 0 Å². The summed E-state index contributed by atoms with van der Waals surface area (Å²) in [7, 11) is 3.55. The maximum atomic E-state index is 13.1. The third-order valence-corrected chi connectivity index (χ3v) is 3.03. The molecule has 2 heterocycles. The van der Waals surface area contributed by atoms with Crippen LogP contribution >= 0.6 is 0 Å². The van der Waals surface area contributed by atoms with Crippen LogP contribution in [0.25, 0.3) is 11.0 Å². The number of hydrogen-bond acceptors (Lipinski definition) is 3. The van der Waals surface area contributed by atoms with Crippen LogP contribution in [0.15, 0.2) is 18.5 Å². The number of pyridine rings is 1. The number of hydrogen-bond donors (Lipinski definition) is 0. The predicted octanol–water partition coefficient (Wildman–Crippen LogP) is 3.52. The van der Waals surface area contributed by atoms with Gasteiger partial charge in [0.05, 0.1) is 17.4 Å². The molecule has 0 aliphatic rings. The first-order chi connectivity index (χ1) is 9.71. The van der Waals surface area contributed by atoms with E-state index in [1.54, 1.807) is 29.8 Å². The first kappa shape index (κ1) is 17.0. The van der Waals surface area contributed by atoms with E-state index in [4.69, 9.17) is 4.79 Å². The number of halogens is 3. The third kappa shape index (κ3) is 3.34. The van der Waals surface area contributed by atoms with Gasteiger partial charge in [-0.2, -0.15) is 13.2 Å². The minimum Gasteiger partial charge on any atom is -0.376 e. The Morgan fingerprint density at radius 3 is 2.29 bits per heavy atom. The van der Waals surface area contributed by atoms with Gasteiger partial charge in [0.25, 0.3) is 0 Å². The molecule has 7 heteroatoms. The van der Waals surface area contributed by atoms with E-state index >= 15 is 0 Å². The second-order valence-electron chi connectivity index (χ2n) is 5.00. The zero-order valence-corrected chi connectivity index (χ0v) is 12.4. The summed E-state index contributed by atoms with van der Waals surface area (Å²) in [5, 5.41) is 0.146. The molecule has 0 aliphatic heterocycles. The molecule has 2 rings (SSSR count). The summed E-state index contributed by atoms with van der Waals surface area (Å²) >= 11 is 0. The highest BCUT2D eigenvalue weighted by atomic mass is 19.4. The van der Waals surface area contributed by atoms with E-state index in [0.717, 1.165) is 6.20 Å². The van der Waals surface area contributed by atoms with Gasteiger partial charge in [0.15, 0.2) is 0 Å². The van der Waals surface area contributed by atoms with Crippen molar-refractivity contribution in [2.75, 3.05) is 19.0 Å². The van der Waals surface area contributed by atoms with Crippen molar-refractivity contribution in [1.82, 2.24) is 9.55 Å². The van der Waals surface area contributed by atoms with Gasteiger partial charge in [-0.05, 0) is 19.9 Å². The maximum absolute atomic E-state index is 13.1. The zero-order valence-electron chi connectivity index (χ0n) is 12.4. The van der Waals surface area contributed by atoms with Crippen LogP contribution < -0.4 is 4.90 Å². The standard InChI is InChI=1S/C13H16F3N3.CH2O/c1-8(2)19-7-11(13(14,15)16)10-5-9(18(3)4)6-17-12(10)19;1-2/h5-8H,1-4H3;1H2. The number of aromatic nitrogens is 2. The summed E-state index contributed by atoms with van der Waals surface area (Å²) in [6.07, 6.45) is -1.64. The van der Waals surface area contributed by atoms with Gasteiger partial charge in [-0.25, -0.2) is 4.98 Å². The molecule has 0 atom stereocenters. The molecule has 0 amide bonds. The number of fused-ring (bicyclic) bond motifs is 1. The molecule has 0 saturated heterocycles. The number of alkyl halides is 3. The molecule has 116 valence electrons. The average molecular weight is 301 g/mol. The topological polar surface area (TPSA) is 38.1 Å². The van der Waals surface area contributed by atoms with Gasteiger partial charge in [-0.15, -0.1) is 0 Å². The molecule has 2 aromatic rings. The summed E-state index contributed by atoms with van der Waals surface area (Å²) in [6.45, 7) is 5.67. The lowest BCUT2D eigenvalue weighted by atomic mass is 10.2. The Labute approximate surface area is 121 Å². The van der Waals surface area contributed by atoms with Crippen LogP contribution in [0.5, 0.6) is 0 Å². The minimum atomic E-state index is -4.37. The average Bonchev–Trinajstić information content (AvgIpc) is 2.79. The smallest absolute Gasteiger partial charge is 0.376 e. The van der Waals surface area contributed by atoms with Crippen molar-refractivity contribution >= 4 is 23.5 Å². The summed E-state index contributed by atoms with van der Waals surface area (Å²) < 4.78 is 40.8. The number of rotatable bonds is 2. The van der Waals surface area contributed by atoms with Crippen LogP contribution in [-0.2, 0) is 11.0 Å². The second kappa shape index (κ2) is 6.15. The van der Waals surface area contributed by atoms with Gasteiger partial charge in [0.2, 0.25) is 0 Å². The summed E-state index contributed by atoms with van der Waals surface area (Å²) in [4.78, 5) is 13.9. The molecule has 0 bridgehead atoms. The van der Waals surface area contributed by atoms with Crippen molar-refractivity contribution in [1.29, 1.82) is 0 Å². The minimum absolute atomic E-state index is 0.0729. The van der Waals surface area contributed by atoms with Gasteiger partial charge in [-0.3, -0.25) is 0 Å². The Morgan fingerprint density at radius 1 is 1.29 bits per heavy atom. The van der Waals surface area contributed by atoms with Gasteiger partial charge in [0, 0.05) is 31.7 Å². The molecule has 0 radical (unpaired) electrons. The largest absolute Gasteiger partial charge is 0.418 e. The predicted molar refractivity (Wildman–Crippen MR) is 76.6 cm³/mol. The van der Waals surface area contributed by atoms with E-state index in [0.29, 0.717) is 11.3 Å². The van der Waals surface area contributed by atoms with E-state index in [9.17, 15) is 13.2 Å². The Hall–Kier alpha value is -2.05. The molecule has 0 unspecified atom stereocenters. The fourth-order valence-electron chi connectivity index (χ4n) is 1.98. The third-order valence-electron chi connectivity index (χ3n) is 3.03. The van der Waals surface area contributed by atoms with Crippen molar-refractivity contribution in [2.45, 2.75) is 26.1 Å². The Bertz CT molecular complexity index is 618. The lowest BCUT2D eigenvalue weighted by molar-refractivity contribution is -0.136. The van der Waals surface area contributed by atoms with Crippen LogP contribution in [-0.4, -0.2) is 30.4 Å². The van der Waals surface area contributed by atoms with Crippen molar-refractivity contribution in [3.8, 4) is 0 Å². The summed E-state index contributed by atoms with van der Waals surface area (Å²) in [5.41, 5.74) is 0.389. The lowest BCUT2D eigenvalue weighted by Crippen LogP contribution is -2.09. The van der Waals surface area contributed by atoms with Crippen LogP contribution in [0.2, 0.25) is 0 Å². The molecule has 0 saturated carbocycles. The van der Waals surface area contributed by atoms with Crippen LogP contribution in [0, 0.1) is 0 Å². The van der Waals surface area contributed by atoms with E-state index in [2.05, 4.69) is 4.98 Å². The quantitative estimate of drug-likeness (QED) is 0.852. The fourth-order valence-corrected chi connectivity index (χ4v) is 1.98. The Kier molecular flexibility index (Phi) is 4.98. The van der Waals surface area contributed by atoms with Gasteiger partial charge >= 0.3 is 6.18 Å². The van der Waals surface area contributed by atoms with Gasteiger partial charge in [-0.1, -0.05) is 0 Å². The number of carbonyl (C=O) groups excluding carboxylic acids is 1. The highest BCUT2D eigenvalue weighted by Crippen LogP contribution is 2.37. The van der Waals surface area contributed by atoms with E-state index in [-0.39, 0.29) is 11.4 Å². The molecule has 0 aromatic carbocycles. The summed E-state index contributed by atoms with van der Waals surface area (Å²) in [5.74, 6) is 0. The molecule has 4 nitrogen and oxygen atoms in total. The molecular formula is C14H18F3N3O.